The van der Waals surface area contributed by atoms with Gasteiger partial charge in [0.1, 0.15) is 23.2 Å². The zero-order valence-electron chi connectivity index (χ0n) is 15.6. The van der Waals surface area contributed by atoms with Crippen molar-refractivity contribution in [2.24, 2.45) is 4.99 Å². The molecular weight excluding hydrogens is 357 g/mol. The Kier molecular flexibility index (Phi) is 6.60. The molecule has 0 saturated carbocycles. The molecule has 0 radical (unpaired) electrons. The van der Waals surface area contributed by atoms with Crippen LogP contribution in [0.15, 0.2) is 29.3 Å². The van der Waals surface area contributed by atoms with E-state index in [2.05, 4.69) is 4.99 Å². The number of ketones is 1. The van der Waals surface area contributed by atoms with E-state index in [4.69, 9.17) is 4.74 Å². The molecule has 2 aromatic carbocycles. The van der Waals surface area contributed by atoms with E-state index in [1.807, 2.05) is 18.9 Å². The largest absolute Gasteiger partial charge is 0.496 e. The first-order chi connectivity index (χ1) is 12.8. The normalized spacial score (nSPS) is 11.1. The molecule has 0 aromatic heterocycles. The summed E-state index contributed by atoms with van der Waals surface area (Å²) in [6.07, 6.45) is 1.11. The van der Waals surface area contributed by atoms with E-state index in [9.17, 15) is 18.0 Å². The SMILES string of the molecule is CCN(C)C=Nc1cc(OC)c(C(=O)Cc2c(F)cc(F)cc2F)cc1C. The Morgan fingerprint density at radius 3 is 2.37 bits per heavy atom. The first-order valence-corrected chi connectivity index (χ1v) is 8.36. The van der Waals surface area contributed by atoms with Gasteiger partial charge in [0.25, 0.3) is 0 Å². The van der Waals surface area contributed by atoms with E-state index in [1.165, 1.54) is 7.11 Å². The lowest BCUT2D eigenvalue weighted by Gasteiger charge is -2.13. The summed E-state index contributed by atoms with van der Waals surface area (Å²) in [5, 5.41) is 0. The Labute approximate surface area is 156 Å². The van der Waals surface area contributed by atoms with Gasteiger partial charge in [-0.25, -0.2) is 18.2 Å². The van der Waals surface area contributed by atoms with Crippen LogP contribution in [-0.4, -0.2) is 37.7 Å². The standard InChI is InChI=1S/C20H21F3N2O2/c1-5-25(3)11-24-18-10-20(27-4)15(6-12(18)2)19(26)9-14-16(22)7-13(21)8-17(14)23/h6-8,10-11H,5,9H2,1-4H3. The zero-order valence-corrected chi connectivity index (χ0v) is 15.6. The number of rotatable bonds is 7. The van der Waals surface area contributed by atoms with Crippen molar-refractivity contribution in [3.05, 3.63) is 58.4 Å². The maximum absolute atomic E-state index is 13.8. The summed E-state index contributed by atoms with van der Waals surface area (Å²) in [4.78, 5) is 18.8. The summed E-state index contributed by atoms with van der Waals surface area (Å²) in [6, 6.07) is 4.27. The predicted octanol–water partition coefficient (Wildman–Crippen LogP) is 4.46. The van der Waals surface area contributed by atoms with Gasteiger partial charge in [-0.2, -0.15) is 0 Å². The summed E-state index contributed by atoms with van der Waals surface area (Å²) >= 11 is 0. The van der Waals surface area contributed by atoms with E-state index in [0.717, 1.165) is 6.54 Å². The Bertz CT molecular complexity index is 859. The summed E-state index contributed by atoms with van der Waals surface area (Å²) in [6.45, 7) is 4.54. The van der Waals surface area contributed by atoms with Gasteiger partial charge >= 0.3 is 0 Å². The molecule has 2 aromatic rings. The van der Waals surface area contributed by atoms with Gasteiger partial charge in [0, 0.05) is 43.8 Å². The molecule has 0 aliphatic rings. The van der Waals surface area contributed by atoms with Gasteiger partial charge in [-0.05, 0) is 25.5 Å². The summed E-state index contributed by atoms with van der Waals surface area (Å²) in [5.74, 6) is -3.52. The van der Waals surface area contributed by atoms with Crippen LogP contribution in [0.3, 0.4) is 0 Å². The highest BCUT2D eigenvalue weighted by molar-refractivity contribution is 6.00. The minimum atomic E-state index is -1.10. The van der Waals surface area contributed by atoms with Crippen molar-refractivity contribution in [1.29, 1.82) is 0 Å². The van der Waals surface area contributed by atoms with E-state index >= 15 is 0 Å². The second kappa shape index (κ2) is 8.70. The molecule has 0 heterocycles. The Hall–Kier alpha value is -2.83. The number of nitrogens with zero attached hydrogens (tertiary/aromatic N) is 2. The molecule has 144 valence electrons. The average molecular weight is 378 g/mol. The smallest absolute Gasteiger partial charge is 0.171 e. The van der Waals surface area contributed by atoms with Crippen LogP contribution < -0.4 is 4.74 Å². The molecule has 0 fully saturated rings. The molecule has 0 saturated heterocycles. The molecule has 0 aliphatic heterocycles. The van der Waals surface area contributed by atoms with Gasteiger partial charge < -0.3 is 9.64 Å². The van der Waals surface area contributed by atoms with Crippen LogP contribution in [0.5, 0.6) is 5.75 Å². The molecule has 0 N–H and O–H groups in total. The lowest BCUT2D eigenvalue weighted by molar-refractivity contribution is 0.0987. The third-order valence-electron chi connectivity index (χ3n) is 4.15. The van der Waals surface area contributed by atoms with Crippen LogP contribution >= 0.6 is 0 Å². The second-order valence-electron chi connectivity index (χ2n) is 6.10. The number of carbonyl (C=O) groups excluding carboxylic acids is 1. The van der Waals surface area contributed by atoms with Gasteiger partial charge in [-0.15, -0.1) is 0 Å². The van der Waals surface area contributed by atoms with E-state index in [1.54, 1.807) is 25.4 Å². The lowest BCUT2D eigenvalue weighted by Crippen LogP contribution is -2.14. The topological polar surface area (TPSA) is 41.9 Å². The molecule has 0 unspecified atom stereocenters. The van der Waals surface area contributed by atoms with E-state index < -0.39 is 35.2 Å². The summed E-state index contributed by atoms with van der Waals surface area (Å²) < 4.78 is 46.0. The average Bonchev–Trinajstić information content (AvgIpc) is 2.62. The van der Waals surface area contributed by atoms with Crippen molar-refractivity contribution in [1.82, 2.24) is 4.90 Å². The van der Waals surface area contributed by atoms with Crippen molar-refractivity contribution in [2.45, 2.75) is 20.3 Å². The van der Waals surface area contributed by atoms with Gasteiger partial charge in [0.05, 0.1) is 24.7 Å². The van der Waals surface area contributed by atoms with Crippen LogP contribution in [0, 0.1) is 24.4 Å². The number of hydrogen-bond acceptors (Lipinski definition) is 3. The van der Waals surface area contributed by atoms with E-state index in [0.29, 0.717) is 23.4 Å². The molecule has 0 atom stereocenters. The fourth-order valence-electron chi connectivity index (χ4n) is 2.44. The van der Waals surface area contributed by atoms with Gasteiger partial charge in [0.2, 0.25) is 0 Å². The Morgan fingerprint density at radius 1 is 1.19 bits per heavy atom. The maximum Gasteiger partial charge on any atom is 0.171 e. The molecule has 7 heteroatoms. The van der Waals surface area contributed by atoms with Crippen molar-refractivity contribution in [2.75, 3.05) is 20.7 Å². The number of carbonyl (C=O) groups is 1. The highest BCUT2D eigenvalue weighted by Gasteiger charge is 2.20. The summed E-state index contributed by atoms with van der Waals surface area (Å²) in [7, 11) is 3.27. The molecule has 0 aliphatic carbocycles. The highest BCUT2D eigenvalue weighted by Crippen LogP contribution is 2.30. The minimum absolute atomic E-state index is 0.181. The van der Waals surface area contributed by atoms with Crippen molar-refractivity contribution in [3.8, 4) is 5.75 Å². The monoisotopic (exact) mass is 378 g/mol. The molecule has 2 rings (SSSR count). The van der Waals surface area contributed by atoms with Gasteiger partial charge in [0.15, 0.2) is 5.78 Å². The first-order valence-electron chi connectivity index (χ1n) is 8.36. The molecule has 4 nitrogen and oxygen atoms in total. The van der Waals surface area contributed by atoms with Crippen molar-refractivity contribution < 1.29 is 22.7 Å². The number of aryl methyl sites for hydroxylation is 1. The van der Waals surface area contributed by atoms with Gasteiger partial charge in [-0.1, -0.05) is 0 Å². The van der Waals surface area contributed by atoms with E-state index in [-0.39, 0.29) is 11.3 Å². The lowest BCUT2D eigenvalue weighted by atomic mass is 9.99. The van der Waals surface area contributed by atoms with Crippen LogP contribution in [0.2, 0.25) is 0 Å². The number of hydrogen-bond donors (Lipinski definition) is 0. The van der Waals surface area contributed by atoms with Crippen LogP contribution in [0.4, 0.5) is 18.9 Å². The van der Waals surface area contributed by atoms with Crippen LogP contribution in [0.25, 0.3) is 0 Å². The predicted molar refractivity (Wildman–Crippen MR) is 98.5 cm³/mol. The number of halogens is 3. The third-order valence-corrected chi connectivity index (χ3v) is 4.15. The molecule has 0 amide bonds. The first kappa shape index (κ1) is 20.5. The quantitative estimate of drug-likeness (QED) is 0.406. The number of ether oxygens (including phenoxy) is 1. The Balaban J connectivity index is 2.36. The number of benzene rings is 2. The molecule has 27 heavy (non-hydrogen) atoms. The van der Waals surface area contributed by atoms with Crippen molar-refractivity contribution >= 4 is 17.8 Å². The number of methoxy groups -OCH3 is 1. The maximum atomic E-state index is 13.8. The van der Waals surface area contributed by atoms with Crippen LogP contribution in [-0.2, 0) is 6.42 Å². The Morgan fingerprint density at radius 2 is 1.81 bits per heavy atom. The zero-order chi connectivity index (χ0) is 20.1. The molecular formula is C20H21F3N2O2. The molecule has 0 bridgehead atoms. The van der Waals surface area contributed by atoms with Gasteiger partial charge in [-0.3, -0.25) is 4.79 Å². The van der Waals surface area contributed by atoms with Crippen LogP contribution in [0.1, 0.15) is 28.4 Å². The second-order valence-corrected chi connectivity index (χ2v) is 6.10. The summed E-state index contributed by atoms with van der Waals surface area (Å²) in [5.41, 5.74) is 1.02. The minimum Gasteiger partial charge on any atom is -0.496 e. The van der Waals surface area contributed by atoms with Crippen molar-refractivity contribution in [3.63, 3.8) is 0 Å². The third kappa shape index (κ3) is 4.87. The molecule has 0 spiro atoms. The fraction of sp³-hybridized carbons (Fsp3) is 0.300. The fourth-order valence-corrected chi connectivity index (χ4v) is 2.44. The number of Topliss-reactive ketones (excluding diaryl/α,β-unsaturated/α-hetero) is 1. The highest BCUT2D eigenvalue weighted by atomic mass is 19.1. The number of aliphatic imine (C=N–C) groups is 1.